The molecule has 1 aliphatic rings. The van der Waals surface area contributed by atoms with Crippen molar-refractivity contribution in [1.29, 1.82) is 0 Å². The third-order valence-corrected chi connectivity index (χ3v) is 4.95. The lowest BCUT2D eigenvalue weighted by Gasteiger charge is -2.13. The SMILES string of the molecule is COc1cccc(OC)c1C(=O)Oc1cc(C)c2c(c1)O/C(=C\c1ccc(F)cc1)C2=O. The van der Waals surface area contributed by atoms with Crippen LogP contribution in [0.1, 0.15) is 31.8 Å². The van der Waals surface area contributed by atoms with Crippen molar-refractivity contribution in [2.24, 2.45) is 0 Å². The van der Waals surface area contributed by atoms with Gasteiger partial charge in [-0.2, -0.15) is 0 Å². The Balaban J connectivity index is 1.63. The van der Waals surface area contributed by atoms with E-state index in [1.807, 2.05) is 0 Å². The Labute approximate surface area is 183 Å². The molecule has 6 nitrogen and oxygen atoms in total. The minimum Gasteiger partial charge on any atom is -0.496 e. The third-order valence-electron chi connectivity index (χ3n) is 4.95. The second-order valence-corrected chi connectivity index (χ2v) is 7.03. The highest BCUT2D eigenvalue weighted by atomic mass is 19.1. The lowest BCUT2D eigenvalue weighted by molar-refractivity contribution is 0.0727. The second kappa shape index (κ2) is 8.55. The van der Waals surface area contributed by atoms with Crippen LogP contribution >= 0.6 is 0 Å². The van der Waals surface area contributed by atoms with E-state index in [-0.39, 0.29) is 34.4 Å². The van der Waals surface area contributed by atoms with Gasteiger partial charge in [-0.05, 0) is 54.5 Å². The molecule has 0 N–H and O–H groups in total. The summed E-state index contributed by atoms with van der Waals surface area (Å²) in [6, 6.07) is 13.7. The quantitative estimate of drug-likeness (QED) is 0.320. The molecule has 0 fully saturated rings. The fourth-order valence-electron chi connectivity index (χ4n) is 3.46. The number of Topliss-reactive ketones (excluding diaryl/α,β-unsaturated/α-hetero) is 1. The van der Waals surface area contributed by atoms with Crippen molar-refractivity contribution < 1.29 is 32.9 Å². The summed E-state index contributed by atoms with van der Waals surface area (Å²) in [5.41, 5.74) is 1.73. The third kappa shape index (κ3) is 3.92. The van der Waals surface area contributed by atoms with Gasteiger partial charge in [0.1, 0.15) is 34.4 Å². The van der Waals surface area contributed by atoms with Crippen molar-refractivity contribution in [2.45, 2.75) is 6.92 Å². The highest BCUT2D eigenvalue weighted by molar-refractivity contribution is 6.15. The maximum Gasteiger partial charge on any atom is 0.351 e. The molecule has 0 unspecified atom stereocenters. The molecule has 0 aromatic heterocycles. The predicted octanol–water partition coefficient (Wildman–Crippen LogP) is 4.99. The Morgan fingerprint density at radius 1 is 1.00 bits per heavy atom. The average molecular weight is 434 g/mol. The summed E-state index contributed by atoms with van der Waals surface area (Å²) in [6.45, 7) is 1.72. The molecule has 1 heterocycles. The van der Waals surface area contributed by atoms with Crippen LogP contribution in [0.15, 0.2) is 60.4 Å². The molecule has 7 heteroatoms. The van der Waals surface area contributed by atoms with Crippen molar-refractivity contribution in [3.05, 3.63) is 88.4 Å². The number of allylic oxidation sites excluding steroid dienone is 1. The van der Waals surface area contributed by atoms with Gasteiger partial charge >= 0.3 is 5.97 Å². The Morgan fingerprint density at radius 3 is 2.28 bits per heavy atom. The summed E-state index contributed by atoms with van der Waals surface area (Å²) in [7, 11) is 2.89. The molecule has 4 rings (SSSR count). The van der Waals surface area contributed by atoms with Gasteiger partial charge in [-0.1, -0.05) is 18.2 Å². The summed E-state index contributed by atoms with van der Waals surface area (Å²) in [5, 5.41) is 0. The summed E-state index contributed by atoms with van der Waals surface area (Å²) in [4.78, 5) is 25.7. The van der Waals surface area contributed by atoms with Gasteiger partial charge in [-0.15, -0.1) is 0 Å². The van der Waals surface area contributed by atoms with Crippen molar-refractivity contribution >= 4 is 17.8 Å². The van der Waals surface area contributed by atoms with E-state index in [4.69, 9.17) is 18.9 Å². The van der Waals surface area contributed by atoms with Gasteiger partial charge in [0.25, 0.3) is 0 Å². The first-order chi connectivity index (χ1) is 15.4. The van der Waals surface area contributed by atoms with Gasteiger partial charge in [0.05, 0.1) is 19.8 Å². The Bertz CT molecular complexity index is 1220. The molecular weight excluding hydrogens is 415 g/mol. The Kier molecular flexibility index (Phi) is 5.64. The van der Waals surface area contributed by atoms with Crippen LogP contribution in [-0.4, -0.2) is 26.0 Å². The van der Waals surface area contributed by atoms with Gasteiger partial charge in [-0.3, -0.25) is 4.79 Å². The average Bonchev–Trinajstić information content (AvgIpc) is 3.09. The fraction of sp³-hybridized carbons (Fsp3) is 0.120. The molecular formula is C25H19FO6. The van der Waals surface area contributed by atoms with E-state index < -0.39 is 5.97 Å². The molecule has 0 atom stereocenters. The Hall–Kier alpha value is -4.13. The largest absolute Gasteiger partial charge is 0.496 e. The van der Waals surface area contributed by atoms with Gasteiger partial charge in [0.15, 0.2) is 5.76 Å². The van der Waals surface area contributed by atoms with Crippen LogP contribution in [-0.2, 0) is 0 Å². The van der Waals surface area contributed by atoms with E-state index in [1.165, 1.54) is 38.5 Å². The molecule has 3 aromatic carbocycles. The molecule has 1 aliphatic heterocycles. The van der Waals surface area contributed by atoms with Crippen LogP contribution < -0.4 is 18.9 Å². The number of rotatable bonds is 5. The van der Waals surface area contributed by atoms with Crippen LogP contribution in [0.25, 0.3) is 6.08 Å². The maximum atomic E-state index is 13.1. The number of ether oxygens (including phenoxy) is 4. The van der Waals surface area contributed by atoms with Gasteiger partial charge in [0, 0.05) is 6.07 Å². The topological polar surface area (TPSA) is 71.1 Å². The van der Waals surface area contributed by atoms with E-state index in [0.29, 0.717) is 28.2 Å². The number of carbonyl (C=O) groups is 2. The number of hydrogen-bond donors (Lipinski definition) is 0. The number of hydrogen-bond acceptors (Lipinski definition) is 6. The molecule has 162 valence electrons. The summed E-state index contributed by atoms with van der Waals surface area (Å²) < 4.78 is 34.9. The minimum absolute atomic E-state index is 0.101. The second-order valence-electron chi connectivity index (χ2n) is 7.03. The van der Waals surface area contributed by atoms with E-state index in [9.17, 15) is 14.0 Å². The zero-order chi connectivity index (χ0) is 22.8. The zero-order valence-electron chi connectivity index (χ0n) is 17.6. The van der Waals surface area contributed by atoms with Crippen LogP contribution in [0.5, 0.6) is 23.0 Å². The standard InChI is InChI=1S/C25H19FO6/c1-14-11-17(31-25(28)23-18(29-2)5-4-6-19(23)30-3)13-20-22(14)24(27)21(32-20)12-15-7-9-16(26)10-8-15/h4-13H,1-3H3/b21-12-. The van der Waals surface area contributed by atoms with Crippen molar-refractivity contribution in [2.75, 3.05) is 14.2 Å². The highest BCUT2D eigenvalue weighted by Gasteiger charge is 2.31. The van der Waals surface area contributed by atoms with Crippen LogP contribution in [0.4, 0.5) is 4.39 Å². The van der Waals surface area contributed by atoms with E-state index >= 15 is 0 Å². The lowest BCUT2D eigenvalue weighted by atomic mass is 10.0. The zero-order valence-corrected chi connectivity index (χ0v) is 17.6. The van der Waals surface area contributed by atoms with Crippen molar-refractivity contribution in [1.82, 2.24) is 0 Å². The normalized spacial score (nSPS) is 13.5. The monoisotopic (exact) mass is 434 g/mol. The minimum atomic E-state index is -0.676. The van der Waals surface area contributed by atoms with Gasteiger partial charge in [0.2, 0.25) is 5.78 Å². The van der Waals surface area contributed by atoms with Gasteiger partial charge < -0.3 is 18.9 Å². The van der Waals surface area contributed by atoms with Crippen molar-refractivity contribution in [3.8, 4) is 23.0 Å². The number of ketones is 1. The molecule has 0 aliphatic carbocycles. The van der Waals surface area contributed by atoms with Crippen LogP contribution in [0, 0.1) is 12.7 Å². The number of benzene rings is 3. The molecule has 0 spiro atoms. The smallest absolute Gasteiger partial charge is 0.351 e. The first kappa shape index (κ1) is 21.1. The van der Waals surface area contributed by atoms with Crippen LogP contribution in [0.3, 0.4) is 0 Å². The number of fused-ring (bicyclic) bond motifs is 1. The first-order valence-electron chi connectivity index (χ1n) is 9.69. The van der Waals surface area contributed by atoms with E-state index in [1.54, 1.807) is 43.3 Å². The number of methoxy groups -OCH3 is 2. The Morgan fingerprint density at radius 2 is 1.66 bits per heavy atom. The molecule has 3 aromatic rings. The highest BCUT2D eigenvalue weighted by Crippen LogP contribution is 2.38. The van der Waals surface area contributed by atoms with Gasteiger partial charge in [-0.25, -0.2) is 9.18 Å². The molecule has 0 saturated heterocycles. The summed E-state index contributed by atoms with van der Waals surface area (Å²) >= 11 is 0. The summed E-state index contributed by atoms with van der Waals surface area (Å²) in [5.74, 6) is -0.150. The maximum absolute atomic E-state index is 13.1. The first-order valence-corrected chi connectivity index (χ1v) is 9.69. The lowest BCUT2D eigenvalue weighted by Crippen LogP contribution is -2.12. The number of esters is 1. The molecule has 0 radical (unpaired) electrons. The van der Waals surface area contributed by atoms with E-state index in [0.717, 1.165) is 0 Å². The number of aryl methyl sites for hydroxylation is 1. The predicted molar refractivity (Wildman–Crippen MR) is 115 cm³/mol. The number of carbonyl (C=O) groups excluding carboxylic acids is 2. The summed E-state index contributed by atoms with van der Waals surface area (Å²) in [6.07, 6.45) is 1.53. The van der Waals surface area contributed by atoms with E-state index in [2.05, 4.69) is 0 Å². The van der Waals surface area contributed by atoms with Crippen LogP contribution in [0.2, 0.25) is 0 Å². The number of halogens is 1. The fourth-order valence-corrected chi connectivity index (χ4v) is 3.46. The molecule has 32 heavy (non-hydrogen) atoms. The molecule has 0 saturated carbocycles. The van der Waals surface area contributed by atoms with Crippen molar-refractivity contribution in [3.63, 3.8) is 0 Å². The molecule has 0 bridgehead atoms. The molecule has 0 amide bonds.